The third-order valence-corrected chi connectivity index (χ3v) is 4.12. The largest absolute Gasteiger partial charge is 0.466 e. The van der Waals surface area contributed by atoms with Gasteiger partial charge in [-0.25, -0.2) is 0 Å². The Morgan fingerprint density at radius 1 is 0.818 bits per heavy atom. The number of ketones is 1. The Morgan fingerprint density at radius 3 is 1.50 bits per heavy atom. The molecule has 2 aromatic rings. The molecule has 0 aliphatic rings. The summed E-state index contributed by atoms with van der Waals surface area (Å²) in [6, 6.07) is 7.94. The van der Waals surface area contributed by atoms with Gasteiger partial charge in [0.25, 0.3) is 0 Å². The molecule has 0 spiro atoms. The van der Waals surface area contributed by atoms with Gasteiger partial charge in [0.15, 0.2) is 0 Å². The van der Waals surface area contributed by atoms with Crippen molar-refractivity contribution < 1.29 is 13.6 Å². The van der Waals surface area contributed by atoms with Crippen molar-refractivity contribution in [3.63, 3.8) is 0 Å². The van der Waals surface area contributed by atoms with E-state index in [0.29, 0.717) is 12.8 Å². The predicted octanol–water partition coefficient (Wildman–Crippen LogP) is 4.62. The Bertz CT molecular complexity index is 553. The molecule has 0 radical (unpaired) electrons. The highest BCUT2D eigenvalue weighted by atomic mass is 16.3. The highest BCUT2D eigenvalue weighted by Gasteiger charge is 2.22. The molecule has 2 rings (SSSR count). The highest BCUT2D eigenvalue weighted by molar-refractivity contribution is 5.83. The van der Waals surface area contributed by atoms with E-state index in [9.17, 15) is 4.79 Å². The van der Waals surface area contributed by atoms with Gasteiger partial charge < -0.3 is 8.83 Å². The van der Waals surface area contributed by atoms with Crippen LogP contribution in [0, 0.1) is 11.8 Å². The number of rotatable bonds is 8. The van der Waals surface area contributed by atoms with Gasteiger partial charge in [-0.3, -0.25) is 4.79 Å². The van der Waals surface area contributed by atoms with Crippen molar-refractivity contribution in [2.75, 3.05) is 0 Å². The zero-order valence-electron chi connectivity index (χ0n) is 14.0. The van der Waals surface area contributed by atoms with Crippen molar-refractivity contribution in [3.05, 3.63) is 47.3 Å². The van der Waals surface area contributed by atoms with Gasteiger partial charge in [0.05, 0.1) is 0 Å². The standard InChI is InChI=1S/C19H26O3/c1-5-15-7-9-17(21-15)11-13(3)19(20)14(4)12-18-10-8-16(6-2)22-18/h7-10,13-14H,5-6,11-12H2,1-4H3. The molecule has 0 fully saturated rings. The van der Waals surface area contributed by atoms with E-state index < -0.39 is 0 Å². The Morgan fingerprint density at radius 2 is 1.18 bits per heavy atom. The fourth-order valence-electron chi connectivity index (χ4n) is 2.73. The Hall–Kier alpha value is -1.77. The average molecular weight is 302 g/mol. The number of carbonyl (C=O) groups is 1. The number of Topliss-reactive ketones (excluding diaryl/α,β-unsaturated/α-hetero) is 1. The van der Waals surface area contributed by atoms with Gasteiger partial charge >= 0.3 is 0 Å². The Labute approximate surface area is 132 Å². The number of furan rings is 2. The van der Waals surface area contributed by atoms with Crippen molar-refractivity contribution in [1.29, 1.82) is 0 Å². The third-order valence-electron chi connectivity index (χ3n) is 4.12. The minimum atomic E-state index is -0.0357. The number of aryl methyl sites for hydroxylation is 2. The van der Waals surface area contributed by atoms with Gasteiger partial charge in [0.1, 0.15) is 28.8 Å². The second-order valence-corrected chi connectivity index (χ2v) is 6.06. The minimum Gasteiger partial charge on any atom is -0.466 e. The van der Waals surface area contributed by atoms with Gasteiger partial charge in [-0.1, -0.05) is 27.7 Å². The maximum Gasteiger partial charge on any atom is 0.139 e. The molecular formula is C19H26O3. The van der Waals surface area contributed by atoms with Crippen LogP contribution >= 0.6 is 0 Å². The summed E-state index contributed by atoms with van der Waals surface area (Å²) >= 11 is 0. The van der Waals surface area contributed by atoms with Gasteiger partial charge in [-0.05, 0) is 24.3 Å². The summed E-state index contributed by atoms with van der Waals surface area (Å²) in [5.74, 6) is 3.95. The summed E-state index contributed by atoms with van der Waals surface area (Å²) in [6.07, 6.45) is 3.11. The fraction of sp³-hybridized carbons (Fsp3) is 0.526. The molecule has 3 heteroatoms. The minimum absolute atomic E-state index is 0.0357. The monoisotopic (exact) mass is 302 g/mol. The van der Waals surface area contributed by atoms with Crippen LogP contribution in [0.1, 0.15) is 50.7 Å². The lowest BCUT2D eigenvalue weighted by molar-refractivity contribution is -0.126. The number of carbonyl (C=O) groups excluding carboxylic acids is 1. The number of hydrogen-bond donors (Lipinski definition) is 0. The molecule has 2 heterocycles. The van der Waals surface area contributed by atoms with E-state index >= 15 is 0 Å². The first-order chi connectivity index (χ1) is 10.5. The summed E-state index contributed by atoms with van der Waals surface area (Å²) in [4.78, 5) is 12.5. The maximum atomic E-state index is 12.5. The van der Waals surface area contributed by atoms with Crippen LogP contribution in [0.5, 0.6) is 0 Å². The highest BCUT2D eigenvalue weighted by Crippen LogP contribution is 2.20. The molecule has 0 aliphatic carbocycles. The fourth-order valence-corrected chi connectivity index (χ4v) is 2.73. The first-order valence-corrected chi connectivity index (χ1v) is 8.22. The average Bonchev–Trinajstić information content (AvgIpc) is 3.15. The molecule has 2 atom stereocenters. The van der Waals surface area contributed by atoms with E-state index in [1.807, 2.05) is 38.1 Å². The maximum absolute atomic E-state index is 12.5. The second-order valence-electron chi connectivity index (χ2n) is 6.06. The van der Waals surface area contributed by atoms with E-state index in [4.69, 9.17) is 8.83 Å². The zero-order chi connectivity index (χ0) is 16.1. The molecule has 0 amide bonds. The van der Waals surface area contributed by atoms with Gasteiger partial charge in [-0.15, -0.1) is 0 Å². The van der Waals surface area contributed by atoms with Crippen molar-refractivity contribution in [1.82, 2.24) is 0 Å². The number of hydrogen-bond acceptors (Lipinski definition) is 3. The molecular weight excluding hydrogens is 276 g/mol. The Balaban J connectivity index is 1.91. The van der Waals surface area contributed by atoms with Crippen molar-refractivity contribution in [3.8, 4) is 0 Å². The van der Waals surface area contributed by atoms with Gasteiger partial charge in [0, 0.05) is 37.5 Å². The van der Waals surface area contributed by atoms with Crippen molar-refractivity contribution >= 4 is 5.78 Å². The predicted molar refractivity (Wildman–Crippen MR) is 86.9 cm³/mol. The molecule has 0 saturated carbocycles. The third kappa shape index (κ3) is 4.12. The summed E-state index contributed by atoms with van der Waals surface area (Å²) < 4.78 is 11.4. The molecule has 0 bridgehead atoms. The molecule has 0 aromatic carbocycles. The van der Waals surface area contributed by atoms with Crippen molar-refractivity contribution in [2.24, 2.45) is 11.8 Å². The van der Waals surface area contributed by atoms with Crippen molar-refractivity contribution in [2.45, 2.75) is 53.4 Å². The quantitative estimate of drug-likeness (QED) is 0.714. The molecule has 3 nitrogen and oxygen atoms in total. The van der Waals surface area contributed by atoms with E-state index in [-0.39, 0.29) is 17.6 Å². The van der Waals surface area contributed by atoms with Crippen LogP contribution in [0.2, 0.25) is 0 Å². The smallest absolute Gasteiger partial charge is 0.139 e. The lowest BCUT2D eigenvalue weighted by Gasteiger charge is -2.14. The summed E-state index contributed by atoms with van der Waals surface area (Å²) in [7, 11) is 0. The molecule has 2 unspecified atom stereocenters. The Kier molecular flexibility index (Phi) is 5.64. The van der Waals surface area contributed by atoms with E-state index in [1.54, 1.807) is 0 Å². The summed E-state index contributed by atoms with van der Waals surface area (Å²) in [5, 5.41) is 0. The zero-order valence-corrected chi connectivity index (χ0v) is 14.0. The SMILES string of the molecule is CCc1ccc(CC(C)C(=O)C(C)Cc2ccc(CC)o2)o1. The molecule has 22 heavy (non-hydrogen) atoms. The van der Waals surface area contributed by atoms with E-state index in [0.717, 1.165) is 35.9 Å². The van der Waals surface area contributed by atoms with Crippen LogP contribution < -0.4 is 0 Å². The summed E-state index contributed by atoms with van der Waals surface area (Å²) in [5.41, 5.74) is 0. The normalized spacial score (nSPS) is 14.0. The van der Waals surface area contributed by atoms with Crippen LogP contribution in [0.4, 0.5) is 0 Å². The van der Waals surface area contributed by atoms with Crippen LogP contribution in [0.15, 0.2) is 33.1 Å². The first kappa shape index (κ1) is 16.6. The molecule has 120 valence electrons. The molecule has 2 aromatic heterocycles. The summed E-state index contributed by atoms with van der Waals surface area (Å²) in [6.45, 7) is 8.08. The van der Waals surface area contributed by atoms with Crippen LogP contribution in [0.3, 0.4) is 0 Å². The lowest BCUT2D eigenvalue weighted by atomic mass is 9.89. The van der Waals surface area contributed by atoms with Gasteiger partial charge in [0.2, 0.25) is 0 Å². The van der Waals surface area contributed by atoms with Gasteiger partial charge in [-0.2, -0.15) is 0 Å². The van der Waals surface area contributed by atoms with Crippen LogP contribution in [-0.4, -0.2) is 5.78 Å². The molecule has 0 aliphatic heterocycles. The lowest BCUT2D eigenvalue weighted by Crippen LogP contribution is -2.22. The second kappa shape index (κ2) is 7.48. The van der Waals surface area contributed by atoms with E-state index in [2.05, 4.69) is 13.8 Å². The first-order valence-electron chi connectivity index (χ1n) is 8.22. The molecule has 0 saturated heterocycles. The molecule has 0 N–H and O–H groups in total. The van der Waals surface area contributed by atoms with Crippen LogP contribution in [-0.2, 0) is 30.5 Å². The van der Waals surface area contributed by atoms with E-state index in [1.165, 1.54) is 0 Å². The topological polar surface area (TPSA) is 43.4 Å². The van der Waals surface area contributed by atoms with Crippen LogP contribution in [0.25, 0.3) is 0 Å².